The van der Waals surface area contributed by atoms with Gasteiger partial charge in [0, 0.05) is 17.5 Å². The molecule has 0 aliphatic rings. The van der Waals surface area contributed by atoms with Gasteiger partial charge < -0.3 is 4.74 Å². The van der Waals surface area contributed by atoms with Gasteiger partial charge in [-0.25, -0.2) is 4.98 Å². The number of aldehydes is 1. The molecule has 0 aromatic carbocycles. The van der Waals surface area contributed by atoms with Gasteiger partial charge in [-0.1, -0.05) is 15.9 Å². The minimum Gasteiger partial charge on any atom is -0.497 e. The molecule has 3 nitrogen and oxygen atoms in total. The number of carbonyl (C=O) groups is 1. The van der Waals surface area contributed by atoms with Gasteiger partial charge in [0.15, 0.2) is 6.29 Å². The van der Waals surface area contributed by atoms with Crippen LogP contribution in [0.1, 0.15) is 16.2 Å². The molecule has 64 valence electrons. The van der Waals surface area contributed by atoms with Crippen molar-refractivity contribution in [2.24, 2.45) is 0 Å². The molecule has 12 heavy (non-hydrogen) atoms. The number of rotatable bonds is 3. The van der Waals surface area contributed by atoms with Crippen LogP contribution in [0.3, 0.4) is 0 Å². The molecule has 0 unspecified atom stereocenters. The Kier molecular flexibility index (Phi) is 3.22. The van der Waals surface area contributed by atoms with E-state index in [1.54, 1.807) is 19.2 Å². The maximum Gasteiger partial charge on any atom is 0.168 e. The van der Waals surface area contributed by atoms with Gasteiger partial charge in [-0.05, 0) is 0 Å². The van der Waals surface area contributed by atoms with Gasteiger partial charge in [0.05, 0.1) is 12.8 Å². The zero-order chi connectivity index (χ0) is 8.97. The summed E-state index contributed by atoms with van der Waals surface area (Å²) >= 11 is 3.25. The highest BCUT2D eigenvalue weighted by molar-refractivity contribution is 9.08. The Balaban J connectivity index is 3.09. The number of nitrogens with zero attached hydrogens (tertiary/aromatic N) is 1. The fourth-order valence-electron chi connectivity index (χ4n) is 0.829. The highest BCUT2D eigenvalue weighted by atomic mass is 79.9. The normalized spacial score (nSPS) is 9.50. The zero-order valence-electron chi connectivity index (χ0n) is 6.58. The first kappa shape index (κ1) is 9.19. The van der Waals surface area contributed by atoms with Gasteiger partial charge >= 0.3 is 0 Å². The molecule has 1 aromatic heterocycles. The van der Waals surface area contributed by atoms with E-state index in [1.807, 2.05) is 0 Å². The van der Waals surface area contributed by atoms with E-state index in [0.717, 1.165) is 5.69 Å². The van der Waals surface area contributed by atoms with Crippen molar-refractivity contribution in [2.75, 3.05) is 7.11 Å². The van der Waals surface area contributed by atoms with E-state index >= 15 is 0 Å². The first-order valence-electron chi connectivity index (χ1n) is 3.36. The van der Waals surface area contributed by atoms with Gasteiger partial charge in [0.25, 0.3) is 0 Å². The van der Waals surface area contributed by atoms with E-state index in [2.05, 4.69) is 20.9 Å². The van der Waals surface area contributed by atoms with Crippen molar-refractivity contribution in [3.8, 4) is 5.75 Å². The van der Waals surface area contributed by atoms with Crippen LogP contribution in [0.4, 0.5) is 0 Å². The summed E-state index contributed by atoms with van der Waals surface area (Å²) in [7, 11) is 1.56. The third kappa shape index (κ3) is 2.04. The van der Waals surface area contributed by atoms with Crippen molar-refractivity contribution in [1.29, 1.82) is 0 Å². The average molecular weight is 230 g/mol. The third-order valence-corrected chi connectivity index (χ3v) is 1.94. The number of alkyl halides is 1. The minimum absolute atomic E-state index is 0.392. The predicted molar refractivity (Wildman–Crippen MR) is 48.8 cm³/mol. The van der Waals surface area contributed by atoms with Crippen molar-refractivity contribution < 1.29 is 9.53 Å². The second-order valence-corrected chi connectivity index (χ2v) is 2.74. The van der Waals surface area contributed by atoms with Gasteiger partial charge in [-0.3, -0.25) is 4.79 Å². The molecule has 1 aromatic rings. The van der Waals surface area contributed by atoms with Crippen LogP contribution in [0.2, 0.25) is 0 Å². The molecule has 0 fully saturated rings. The molecule has 0 spiro atoms. The molecule has 0 bridgehead atoms. The number of aromatic nitrogens is 1. The Labute approximate surface area is 78.9 Å². The largest absolute Gasteiger partial charge is 0.497 e. The number of hydrogen-bond acceptors (Lipinski definition) is 3. The molecule has 0 aliphatic heterocycles. The van der Waals surface area contributed by atoms with Crippen LogP contribution in [-0.4, -0.2) is 18.4 Å². The molecule has 4 heteroatoms. The van der Waals surface area contributed by atoms with Crippen LogP contribution in [0.15, 0.2) is 12.1 Å². The summed E-state index contributed by atoms with van der Waals surface area (Å²) in [5.74, 6) is 0.654. The molecule has 0 amide bonds. The lowest BCUT2D eigenvalue weighted by molar-refractivity contribution is 0.111. The second-order valence-electron chi connectivity index (χ2n) is 2.17. The summed E-state index contributed by atoms with van der Waals surface area (Å²) < 4.78 is 4.98. The van der Waals surface area contributed by atoms with Gasteiger partial charge in [0.2, 0.25) is 0 Å². The van der Waals surface area contributed by atoms with Crippen LogP contribution in [-0.2, 0) is 5.33 Å². The summed E-state index contributed by atoms with van der Waals surface area (Å²) in [4.78, 5) is 14.4. The minimum atomic E-state index is 0.392. The lowest BCUT2D eigenvalue weighted by Crippen LogP contribution is -1.94. The standard InChI is InChI=1S/C8H8BrNO2/c1-12-8-2-6(4-9)10-7(3-8)5-11/h2-3,5H,4H2,1H3. The van der Waals surface area contributed by atoms with E-state index in [-0.39, 0.29) is 0 Å². The monoisotopic (exact) mass is 229 g/mol. The Morgan fingerprint density at radius 3 is 2.92 bits per heavy atom. The number of pyridine rings is 1. The van der Waals surface area contributed by atoms with Crippen molar-refractivity contribution in [1.82, 2.24) is 4.98 Å². The number of halogens is 1. The molecule has 0 saturated heterocycles. The molecule has 0 N–H and O–H groups in total. The summed E-state index contributed by atoms with van der Waals surface area (Å²) in [5, 5.41) is 0.616. The molecule has 0 aliphatic carbocycles. The first-order chi connectivity index (χ1) is 5.80. The fraction of sp³-hybridized carbons (Fsp3) is 0.250. The second kappa shape index (κ2) is 4.21. The fourth-order valence-corrected chi connectivity index (χ4v) is 1.12. The molecular formula is C8H8BrNO2. The molecule has 0 atom stereocenters. The number of ether oxygens (including phenoxy) is 1. The molecular weight excluding hydrogens is 222 g/mol. The van der Waals surface area contributed by atoms with E-state index in [4.69, 9.17) is 4.74 Å². The topological polar surface area (TPSA) is 39.2 Å². The van der Waals surface area contributed by atoms with Crippen LogP contribution >= 0.6 is 15.9 Å². The number of methoxy groups -OCH3 is 1. The van der Waals surface area contributed by atoms with E-state index < -0.39 is 0 Å². The quantitative estimate of drug-likeness (QED) is 0.587. The SMILES string of the molecule is COc1cc(C=O)nc(CBr)c1. The lowest BCUT2D eigenvalue weighted by Gasteiger charge is -2.01. The summed E-state index contributed by atoms with van der Waals surface area (Å²) in [6.45, 7) is 0. The molecule has 1 rings (SSSR count). The number of carbonyl (C=O) groups excluding carboxylic acids is 1. The van der Waals surface area contributed by atoms with Gasteiger partial charge in [-0.2, -0.15) is 0 Å². The third-order valence-electron chi connectivity index (χ3n) is 1.37. The maximum atomic E-state index is 10.4. The molecule has 0 saturated carbocycles. The van der Waals surface area contributed by atoms with Crippen molar-refractivity contribution >= 4 is 22.2 Å². The van der Waals surface area contributed by atoms with Crippen LogP contribution in [0.5, 0.6) is 5.75 Å². The van der Waals surface area contributed by atoms with E-state index in [0.29, 0.717) is 23.1 Å². The molecule has 1 heterocycles. The first-order valence-corrected chi connectivity index (χ1v) is 4.48. The van der Waals surface area contributed by atoms with Crippen molar-refractivity contribution in [3.63, 3.8) is 0 Å². The van der Waals surface area contributed by atoms with E-state index in [9.17, 15) is 4.79 Å². The van der Waals surface area contributed by atoms with E-state index in [1.165, 1.54) is 0 Å². The highest BCUT2D eigenvalue weighted by Crippen LogP contribution is 2.14. The number of hydrogen-bond donors (Lipinski definition) is 0. The smallest absolute Gasteiger partial charge is 0.168 e. The van der Waals surface area contributed by atoms with Gasteiger partial charge in [0.1, 0.15) is 11.4 Å². The maximum absolute atomic E-state index is 10.4. The summed E-state index contributed by atoms with van der Waals surface area (Å²) in [5.41, 5.74) is 1.18. The molecule has 0 radical (unpaired) electrons. The Bertz CT molecular complexity index is 266. The van der Waals surface area contributed by atoms with Gasteiger partial charge in [-0.15, -0.1) is 0 Å². The van der Waals surface area contributed by atoms with Crippen LogP contribution in [0.25, 0.3) is 0 Å². The lowest BCUT2D eigenvalue weighted by atomic mass is 10.3. The highest BCUT2D eigenvalue weighted by Gasteiger charge is 2.00. The Morgan fingerprint density at radius 2 is 2.42 bits per heavy atom. The van der Waals surface area contributed by atoms with Crippen molar-refractivity contribution in [3.05, 3.63) is 23.5 Å². The van der Waals surface area contributed by atoms with Crippen LogP contribution < -0.4 is 4.74 Å². The Hall–Kier alpha value is -0.900. The van der Waals surface area contributed by atoms with Crippen LogP contribution in [0, 0.1) is 0 Å². The average Bonchev–Trinajstić information content (AvgIpc) is 2.16. The predicted octanol–water partition coefficient (Wildman–Crippen LogP) is 1.80. The van der Waals surface area contributed by atoms with Crippen molar-refractivity contribution in [2.45, 2.75) is 5.33 Å². The summed E-state index contributed by atoms with van der Waals surface area (Å²) in [6, 6.07) is 3.38. The zero-order valence-corrected chi connectivity index (χ0v) is 8.17. The summed E-state index contributed by atoms with van der Waals surface area (Å²) in [6.07, 6.45) is 0.703. The Morgan fingerprint density at radius 1 is 1.67 bits per heavy atom.